The van der Waals surface area contributed by atoms with Crippen LogP contribution in [0.15, 0.2) is 0 Å². The molecular formula is C9H16N2O. The van der Waals surface area contributed by atoms with Gasteiger partial charge in [-0.1, -0.05) is 0 Å². The van der Waals surface area contributed by atoms with Crippen molar-refractivity contribution in [1.82, 2.24) is 9.80 Å². The first-order valence-electron chi connectivity index (χ1n) is 4.62. The maximum absolute atomic E-state index is 10.5. The van der Waals surface area contributed by atoms with Gasteiger partial charge in [0, 0.05) is 26.2 Å². The van der Waals surface area contributed by atoms with Gasteiger partial charge < -0.3 is 9.80 Å². The van der Waals surface area contributed by atoms with Gasteiger partial charge in [-0.2, -0.15) is 0 Å². The summed E-state index contributed by atoms with van der Waals surface area (Å²) >= 11 is 0. The Morgan fingerprint density at radius 2 is 1.83 bits per heavy atom. The molecule has 0 radical (unpaired) electrons. The van der Waals surface area contributed by atoms with Gasteiger partial charge in [0.15, 0.2) is 0 Å². The zero-order valence-electron chi connectivity index (χ0n) is 7.62. The summed E-state index contributed by atoms with van der Waals surface area (Å²) in [5, 5.41) is 0. The van der Waals surface area contributed by atoms with Gasteiger partial charge in [0.1, 0.15) is 0 Å². The second-order valence-corrected chi connectivity index (χ2v) is 4.31. The number of hydrogen-bond acceptors (Lipinski definition) is 2. The lowest BCUT2D eigenvalue weighted by atomic mass is 9.72. The Hall–Kier alpha value is -0.570. The van der Waals surface area contributed by atoms with E-state index in [2.05, 4.69) is 11.9 Å². The Bertz CT molecular complexity index is 177. The quantitative estimate of drug-likeness (QED) is 0.521. The van der Waals surface area contributed by atoms with Gasteiger partial charge in [-0.05, 0) is 25.3 Å². The van der Waals surface area contributed by atoms with Crippen LogP contribution < -0.4 is 0 Å². The van der Waals surface area contributed by atoms with Gasteiger partial charge in [0.25, 0.3) is 0 Å². The molecule has 12 heavy (non-hydrogen) atoms. The third kappa shape index (κ3) is 1.22. The normalized spacial score (nSPS) is 28.6. The second-order valence-electron chi connectivity index (χ2n) is 4.31. The lowest BCUT2D eigenvalue weighted by Crippen LogP contribution is -2.58. The molecule has 3 heteroatoms. The van der Waals surface area contributed by atoms with E-state index < -0.39 is 0 Å². The topological polar surface area (TPSA) is 23.6 Å². The largest absolute Gasteiger partial charge is 0.345 e. The average Bonchev–Trinajstić information content (AvgIpc) is 2.04. The van der Waals surface area contributed by atoms with Crippen LogP contribution in [0, 0.1) is 5.41 Å². The summed E-state index contributed by atoms with van der Waals surface area (Å²) in [4.78, 5) is 14.7. The third-order valence-corrected chi connectivity index (χ3v) is 3.22. The minimum absolute atomic E-state index is 0.578. The zero-order valence-corrected chi connectivity index (χ0v) is 7.62. The highest BCUT2D eigenvalue weighted by Gasteiger charge is 2.42. The highest BCUT2D eigenvalue weighted by molar-refractivity contribution is 5.47. The summed E-state index contributed by atoms with van der Waals surface area (Å²) in [6.45, 7) is 4.41. The molecule has 2 fully saturated rings. The maximum Gasteiger partial charge on any atom is 0.209 e. The van der Waals surface area contributed by atoms with E-state index in [4.69, 9.17) is 0 Å². The second kappa shape index (κ2) is 2.73. The SMILES string of the molecule is CN1CC2(CCN(C=O)CC2)C1. The van der Waals surface area contributed by atoms with Gasteiger partial charge in [-0.25, -0.2) is 0 Å². The molecule has 0 bridgehead atoms. The van der Waals surface area contributed by atoms with Crippen LogP contribution in [0.5, 0.6) is 0 Å². The zero-order chi connectivity index (χ0) is 8.60. The summed E-state index contributed by atoms with van der Waals surface area (Å²) in [6, 6.07) is 0. The molecule has 2 rings (SSSR count). The third-order valence-electron chi connectivity index (χ3n) is 3.22. The Morgan fingerprint density at radius 1 is 1.25 bits per heavy atom. The maximum atomic E-state index is 10.5. The summed E-state index contributed by atoms with van der Waals surface area (Å²) < 4.78 is 0. The fraction of sp³-hybridized carbons (Fsp3) is 0.889. The smallest absolute Gasteiger partial charge is 0.209 e. The van der Waals surface area contributed by atoms with E-state index in [1.807, 2.05) is 4.90 Å². The van der Waals surface area contributed by atoms with E-state index in [0.717, 1.165) is 19.5 Å². The summed E-state index contributed by atoms with van der Waals surface area (Å²) in [6.07, 6.45) is 3.39. The molecule has 2 aliphatic heterocycles. The highest BCUT2D eigenvalue weighted by Crippen LogP contribution is 2.38. The fourth-order valence-electron chi connectivity index (χ4n) is 2.52. The predicted octanol–water partition coefficient (Wildman–Crippen LogP) is 0.170. The van der Waals surface area contributed by atoms with Crippen LogP contribution in [0.25, 0.3) is 0 Å². The fourth-order valence-corrected chi connectivity index (χ4v) is 2.52. The van der Waals surface area contributed by atoms with Gasteiger partial charge in [-0.3, -0.25) is 4.79 Å². The van der Waals surface area contributed by atoms with Crippen molar-refractivity contribution in [2.45, 2.75) is 12.8 Å². The molecule has 0 aromatic heterocycles. The van der Waals surface area contributed by atoms with E-state index in [0.29, 0.717) is 5.41 Å². The number of hydrogen-bond donors (Lipinski definition) is 0. The molecule has 0 unspecified atom stereocenters. The average molecular weight is 168 g/mol. The van der Waals surface area contributed by atoms with E-state index in [1.54, 1.807) is 0 Å². The molecule has 1 amide bonds. The molecule has 0 atom stereocenters. The van der Waals surface area contributed by atoms with Crippen LogP contribution in [0.2, 0.25) is 0 Å². The number of piperidine rings is 1. The van der Waals surface area contributed by atoms with Crippen molar-refractivity contribution in [3.8, 4) is 0 Å². The van der Waals surface area contributed by atoms with Crippen LogP contribution in [-0.4, -0.2) is 49.4 Å². The molecule has 2 heterocycles. The number of carbonyl (C=O) groups excluding carboxylic acids is 1. The number of nitrogens with zero attached hydrogens (tertiary/aromatic N) is 2. The van der Waals surface area contributed by atoms with Crippen molar-refractivity contribution in [3.63, 3.8) is 0 Å². The van der Waals surface area contributed by atoms with Crippen LogP contribution in [0.3, 0.4) is 0 Å². The van der Waals surface area contributed by atoms with Gasteiger partial charge >= 0.3 is 0 Å². The molecular weight excluding hydrogens is 152 g/mol. The predicted molar refractivity (Wildman–Crippen MR) is 46.8 cm³/mol. The van der Waals surface area contributed by atoms with E-state index >= 15 is 0 Å². The first kappa shape index (κ1) is 8.05. The number of amides is 1. The van der Waals surface area contributed by atoms with E-state index in [1.165, 1.54) is 25.9 Å². The van der Waals surface area contributed by atoms with Gasteiger partial charge in [-0.15, -0.1) is 0 Å². The molecule has 0 N–H and O–H groups in total. The first-order valence-corrected chi connectivity index (χ1v) is 4.62. The van der Waals surface area contributed by atoms with Gasteiger partial charge in [0.2, 0.25) is 6.41 Å². The minimum atomic E-state index is 0.578. The Labute approximate surface area is 73.3 Å². The van der Waals surface area contributed by atoms with Crippen molar-refractivity contribution in [3.05, 3.63) is 0 Å². The monoisotopic (exact) mass is 168 g/mol. The van der Waals surface area contributed by atoms with Crippen molar-refractivity contribution < 1.29 is 4.79 Å². The van der Waals surface area contributed by atoms with E-state index in [9.17, 15) is 4.79 Å². The molecule has 1 spiro atoms. The Morgan fingerprint density at radius 3 is 2.25 bits per heavy atom. The molecule has 0 saturated carbocycles. The number of rotatable bonds is 1. The lowest BCUT2D eigenvalue weighted by molar-refractivity contribution is -0.122. The molecule has 2 saturated heterocycles. The molecule has 68 valence electrons. The highest BCUT2D eigenvalue weighted by atomic mass is 16.1. The summed E-state index contributed by atoms with van der Waals surface area (Å²) in [7, 11) is 2.16. The first-order chi connectivity index (χ1) is 5.74. The molecule has 3 nitrogen and oxygen atoms in total. The minimum Gasteiger partial charge on any atom is -0.345 e. The summed E-state index contributed by atoms with van der Waals surface area (Å²) in [5.74, 6) is 0. The summed E-state index contributed by atoms with van der Waals surface area (Å²) in [5.41, 5.74) is 0.578. The van der Waals surface area contributed by atoms with Crippen LogP contribution in [-0.2, 0) is 4.79 Å². The molecule has 0 aliphatic carbocycles. The van der Waals surface area contributed by atoms with Crippen LogP contribution in [0.4, 0.5) is 0 Å². The Kier molecular flexibility index (Phi) is 1.83. The Balaban J connectivity index is 1.86. The standard InChI is InChI=1S/C9H16N2O/c1-10-6-9(7-10)2-4-11(8-12)5-3-9/h8H,2-7H2,1H3. The number of carbonyl (C=O) groups is 1. The van der Waals surface area contributed by atoms with Crippen molar-refractivity contribution >= 4 is 6.41 Å². The van der Waals surface area contributed by atoms with Crippen molar-refractivity contribution in [2.75, 3.05) is 33.2 Å². The van der Waals surface area contributed by atoms with Crippen molar-refractivity contribution in [1.29, 1.82) is 0 Å². The molecule has 0 aromatic rings. The molecule has 0 aromatic carbocycles. The van der Waals surface area contributed by atoms with Gasteiger partial charge in [0.05, 0.1) is 0 Å². The lowest BCUT2D eigenvalue weighted by Gasteiger charge is -2.52. The number of likely N-dealkylation sites (tertiary alicyclic amines) is 2. The van der Waals surface area contributed by atoms with Crippen molar-refractivity contribution in [2.24, 2.45) is 5.41 Å². The molecule has 2 aliphatic rings. The van der Waals surface area contributed by atoms with Crippen LogP contribution >= 0.6 is 0 Å². The van der Waals surface area contributed by atoms with Crippen LogP contribution in [0.1, 0.15) is 12.8 Å². The van der Waals surface area contributed by atoms with E-state index in [-0.39, 0.29) is 0 Å².